The highest BCUT2D eigenvalue weighted by molar-refractivity contribution is 7.44. The van der Waals surface area contributed by atoms with Gasteiger partial charge in [0.25, 0.3) is 18.9 Å². The van der Waals surface area contributed by atoms with E-state index in [0.717, 1.165) is 37.2 Å². The van der Waals surface area contributed by atoms with Gasteiger partial charge in [-0.2, -0.15) is 0 Å². The highest BCUT2D eigenvalue weighted by Gasteiger charge is 2.34. The van der Waals surface area contributed by atoms with E-state index in [1.807, 2.05) is 49.3 Å². The third-order valence-corrected chi connectivity index (χ3v) is 6.41. The molecule has 0 saturated heterocycles. The molecule has 168 valence electrons. The quantitative estimate of drug-likeness (QED) is 0.545. The van der Waals surface area contributed by atoms with Crippen molar-refractivity contribution in [1.29, 1.82) is 0 Å². The maximum absolute atomic E-state index is 13.0. The Balaban J connectivity index is 1.37. The average molecular weight is 459 g/mol. The molecule has 1 aliphatic rings. The van der Waals surface area contributed by atoms with Crippen molar-refractivity contribution in [2.24, 2.45) is 0 Å². The van der Waals surface area contributed by atoms with Gasteiger partial charge in [0.05, 0.1) is 5.56 Å². The summed E-state index contributed by atoms with van der Waals surface area (Å²) in [4.78, 5) is 18.8. The number of alkyl halides is 2. The minimum absolute atomic E-state index is 0.00134. The first kappa shape index (κ1) is 22.3. The molecule has 0 spiro atoms. The number of carbonyl (C=O) groups is 1. The number of nitrogens with zero attached hydrogens (tertiary/aromatic N) is 4. The third kappa shape index (κ3) is 4.62. The van der Waals surface area contributed by atoms with E-state index in [4.69, 9.17) is 12.4 Å². The van der Waals surface area contributed by atoms with Gasteiger partial charge in [0, 0.05) is 44.9 Å². The largest absolute Gasteiger partial charge is 0.433 e. The Hall–Kier alpha value is -2.94. The van der Waals surface area contributed by atoms with Crippen molar-refractivity contribution in [3.8, 4) is 0 Å². The first-order valence-corrected chi connectivity index (χ1v) is 11.0. The summed E-state index contributed by atoms with van der Waals surface area (Å²) in [6, 6.07) is 13.0. The van der Waals surface area contributed by atoms with Gasteiger partial charge in [0.15, 0.2) is 6.04 Å². The molecule has 9 heteroatoms. The summed E-state index contributed by atoms with van der Waals surface area (Å²) in [6.45, 7) is 0. The molecule has 4 rings (SSSR count). The number of hydrogen-bond acceptors (Lipinski definition) is 5. The average Bonchev–Trinajstić information content (AvgIpc) is 3.25. The maximum atomic E-state index is 13.0. The summed E-state index contributed by atoms with van der Waals surface area (Å²) in [7, 11) is 3.90. The van der Waals surface area contributed by atoms with Crippen LogP contribution in [0.25, 0.3) is 5.65 Å². The van der Waals surface area contributed by atoms with Gasteiger partial charge in [-0.1, -0.05) is 10.0 Å². The number of benzene rings is 1. The molecule has 1 saturated carbocycles. The van der Waals surface area contributed by atoms with Crippen LogP contribution in [-0.4, -0.2) is 45.4 Å². The molecule has 6 nitrogen and oxygen atoms in total. The Morgan fingerprint density at radius 2 is 1.84 bits per heavy atom. The summed E-state index contributed by atoms with van der Waals surface area (Å²) >= 11 is 5.47. The summed E-state index contributed by atoms with van der Waals surface area (Å²) in [5.41, 5.74) is 1.87. The molecule has 0 atom stereocenters. The second-order valence-corrected chi connectivity index (χ2v) is 8.72. The molecule has 1 N–H and O–H groups in total. The highest BCUT2D eigenvalue weighted by Crippen LogP contribution is 2.27. The van der Waals surface area contributed by atoms with E-state index in [9.17, 15) is 13.6 Å². The number of nitrogens with one attached hydrogen (secondary N) is 1. The van der Waals surface area contributed by atoms with Crippen LogP contribution >= 0.6 is 0 Å². The molecule has 1 fully saturated rings. The van der Waals surface area contributed by atoms with Crippen molar-refractivity contribution in [3.63, 3.8) is 0 Å². The van der Waals surface area contributed by atoms with Crippen molar-refractivity contribution < 1.29 is 17.5 Å². The Labute approximate surface area is 191 Å². The first-order chi connectivity index (χ1) is 15.3. The van der Waals surface area contributed by atoms with E-state index in [1.54, 1.807) is 16.5 Å². The summed E-state index contributed by atoms with van der Waals surface area (Å²) in [6.07, 6.45) is 2.00. The van der Waals surface area contributed by atoms with E-state index in [0.29, 0.717) is 11.2 Å². The van der Waals surface area contributed by atoms with Crippen molar-refractivity contribution in [1.82, 2.24) is 9.38 Å². The lowest BCUT2D eigenvalue weighted by atomic mass is 9.91. The number of hydrogen-bond donors (Lipinski definition) is 1. The Bertz CT molecular complexity index is 1120. The van der Waals surface area contributed by atoms with Crippen LogP contribution in [-0.2, 0) is 12.4 Å². The first-order valence-electron chi connectivity index (χ1n) is 10.6. The number of fused-ring (bicyclic) bond motifs is 1. The van der Waals surface area contributed by atoms with E-state index in [2.05, 4.69) is 10.3 Å². The zero-order chi connectivity index (χ0) is 22.8. The normalized spacial score (nSPS) is 18.7. The number of pyridine rings is 1. The monoisotopic (exact) mass is 458 g/mol. The van der Waals surface area contributed by atoms with Gasteiger partial charge in [-0.3, -0.25) is 4.40 Å². The minimum atomic E-state index is -2.60. The lowest BCUT2D eigenvalue weighted by Gasteiger charge is -2.26. The van der Waals surface area contributed by atoms with Gasteiger partial charge in [-0.05, 0) is 49.2 Å². The van der Waals surface area contributed by atoms with Crippen LogP contribution in [0.2, 0.25) is 0 Å². The summed E-state index contributed by atoms with van der Waals surface area (Å²) in [5, 5.41) is 3.45. The van der Waals surface area contributed by atoms with E-state index < -0.39 is 6.43 Å². The smallest absolute Gasteiger partial charge is 0.378 e. The van der Waals surface area contributed by atoms with Crippen LogP contribution in [0.3, 0.4) is 0 Å². The lowest BCUT2D eigenvalue weighted by Crippen LogP contribution is -2.37. The van der Waals surface area contributed by atoms with Gasteiger partial charge in [0.2, 0.25) is 0 Å². The van der Waals surface area contributed by atoms with E-state index in [1.165, 1.54) is 10.1 Å². The minimum Gasteiger partial charge on any atom is -0.378 e. The van der Waals surface area contributed by atoms with Gasteiger partial charge in [-0.25, -0.2) is 18.6 Å². The van der Waals surface area contributed by atoms with Crippen LogP contribution < -0.4 is 10.2 Å². The number of halogens is 2. The van der Waals surface area contributed by atoms with Gasteiger partial charge in [0.1, 0.15) is 17.2 Å². The molecular weight excluding hydrogens is 432 g/mol. The van der Waals surface area contributed by atoms with Gasteiger partial charge < -0.3 is 10.2 Å². The van der Waals surface area contributed by atoms with Crippen molar-refractivity contribution >= 4 is 35.5 Å². The summed E-state index contributed by atoms with van der Waals surface area (Å²) in [5.74, 6) is 0.585. The highest BCUT2D eigenvalue weighted by atomic mass is 32.1. The molecule has 3 aromatic rings. The fraction of sp³-hybridized carbons (Fsp3) is 0.391. The molecule has 0 aliphatic heterocycles. The van der Waals surface area contributed by atoms with Crippen LogP contribution in [0.15, 0.2) is 48.7 Å². The van der Waals surface area contributed by atoms with E-state index >= 15 is 0 Å². The fourth-order valence-electron chi connectivity index (χ4n) is 4.11. The Morgan fingerprint density at radius 1 is 1.16 bits per heavy atom. The number of anilines is 2. The third-order valence-electron chi connectivity index (χ3n) is 5.95. The number of imidazole rings is 1. The van der Waals surface area contributed by atoms with Crippen LogP contribution in [0.5, 0.6) is 0 Å². The standard InChI is InChI=1S/C23H26F2N5OS/c1-28(2)17-10-6-15(7-11-17)23(31)30(32)18-12-8-16(9-13-18)26-20-4-3-5-21-27-19(22(24)25)14-29(20)21/h3-7,10-11,14,16,18,22,26H,8-9,12-13H2,1-2H3/q+1/t16-,18+. The number of rotatable bonds is 6. The fourth-order valence-corrected chi connectivity index (χ4v) is 4.43. The number of amides is 1. The van der Waals surface area contributed by atoms with Crippen molar-refractivity contribution in [2.45, 2.75) is 44.2 Å². The molecule has 1 aliphatic carbocycles. The number of carbonyl (C=O) groups excluding carboxylic acids is 1. The molecular formula is C23H26F2N5OS+. The molecule has 32 heavy (non-hydrogen) atoms. The van der Waals surface area contributed by atoms with Crippen LogP contribution in [0.1, 0.15) is 48.2 Å². The molecule has 0 bridgehead atoms. The molecule has 1 amide bonds. The van der Waals surface area contributed by atoms with Gasteiger partial charge >= 0.3 is 5.91 Å². The second kappa shape index (κ2) is 9.28. The lowest BCUT2D eigenvalue weighted by molar-refractivity contribution is -0.448. The Kier molecular flexibility index (Phi) is 6.45. The zero-order valence-electron chi connectivity index (χ0n) is 18.0. The Morgan fingerprint density at radius 3 is 2.47 bits per heavy atom. The zero-order valence-corrected chi connectivity index (χ0v) is 18.9. The van der Waals surface area contributed by atoms with E-state index in [-0.39, 0.29) is 23.7 Å². The summed E-state index contributed by atoms with van der Waals surface area (Å²) < 4.78 is 29.1. The predicted octanol–water partition coefficient (Wildman–Crippen LogP) is 4.64. The second-order valence-electron chi connectivity index (χ2n) is 8.33. The topological polar surface area (TPSA) is 52.7 Å². The number of aromatic nitrogens is 2. The molecule has 2 heterocycles. The maximum Gasteiger partial charge on any atom is 0.433 e. The predicted molar refractivity (Wildman–Crippen MR) is 123 cm³/mol. The van der Waals surface area contributed by atoms with Gasteiger partial charge in [-0.15, -0.1) is 0 Å². The molecule has 2 aromatic heterocycles. The van der Waals surface area contributed by atoms with Crippen LogP contribution in [0, 0.1) is 0 Å². The molecule has 0 unspecified atom stereocenters. The van der Waals surface area contributed by atoms with Crippen molar-refractivity contribution in [3.05, 3.63) is 59.9 Å². The van der Waals surface area contributed by atoms with Crippen LogP contribution in [0.4, 0.5) is 20.3 Å². The molecule has 0 radical (unpaired) electrons. The molecule has 1 aromatic carbocycles. The SMILES string of the molecule is CN(C)c1ccc(C(=O)[N+](=S)[C@H]2CC[C@@H](Nc3cccc4nc(C(F)F)cn34)CC2)cc1. The van der Waals surface area contributed by atoms with Crippen molar-refractivity contribution in [2.75, 3.05) is 24.3 Å².